The lowest BCUT2D eigenvalue weighted by Gasteiger charge is -2.21. The highest BCUT2D eigenvalue weighted by atomic mass is 14.3. The summed E-state index contributed by atoms with van der Waals surface area (Å²) < 4.78 is 0. The third-order valence-electron chi connectivity index (χ3n) is 4.34. The van der Waals surface area contributed by atoms with Crippen molar-refractivity contribution in [3.63, 3.8) is 0 Å². The molecule has 0 aliphatic heterocycles. The fraction of sp³-hybridized carbons (Fsp3) is 0.238. The van der Waals surface area contributed by atoms with Crippen LogP contribution in [0.4, 0.5) is 0 Å². The fourth-order valence-electron chi connectivity index (χ4n) is 3.33. The van der Waals surface area contributed by atoms with Gasteiger partial charge in [-0.25, -0.2) is 0 Å². The summed E-state index contributed by atoms with van der Waals surface area (Å²) in [6.45, 7) is 4.49. The van der Waals surface area contributed by atoms with Crippen LogP contribution in [0.5, 0.6) is 0 Å². The molecule has 0 spiro atoms. The predicted molar refractivity (Wildman–Crippen MR) is 90.4 cm³/mol. The molecule has 1 aliphatic rings. The van der Waals surface area contributed by atoms with Crippen LogP contribution in [0, 0.1) is 0 Å². The van der Waals surface area contributed by atoms with Crippen LogP contribution in [0.2, 0.25) is 0 Å². The Kier molecular flexibility index (Phi) is 4.06. The van der Waals surface area contributed by atoms with E-state index in [1.165, 1.54) is 22.3 Å². The molecule has 0 nitrogen and oxygen atoms in total. The van der Waals surface area contributed by atoms with Crippen LogP contribution in [0.15, 0.2) is 83.5 Å². The van der Waals surface area contributed by atoms with Gasteiger partial charge in [0.1, 0.15) is 0 Å². The minimum absolute atomic E-state index is 0.488. The summed E-state index contributed by atoms with van der Waals surface area (Å²) in [5.74, 6) is 0.488. The van der Waals surface area contributed by atoms with Crippen molar-refractivity contribution in [1.29, 1.82) is 0 Å². The highest BCUT2D eigenvalue weighted by Gasteiger charge is 2.22. The molecule has 0 aromatic heterocycles. The average molecular weight is 274 g/mol. The second-order valence-corrected chi connectivity index (χ2v) is 6.03. The number of allylic oxidation sites excluding steroid dienone is 4. The van der Waals surface area contributed by atoms with Crippen molar-refractivity contribution in [3.8, 4) is 0 Å². The van der Waals surface area contributed by atoms with Gasteiger partial charge < -0.3 is 0 Å². The zero-order chi connectivity index (χ0) is 14.7. The van der Waals surface area contributed by atoms with E-state index in [9.17, 15) is 0 Å². The highest BCUT2D eigenvalue weighted by molar-refractivity contribution is 5.44. The molecule has 2 aromatic carbocycles. The number of hydrogen-bond donors (Lipinski definition) is 0. The molecule has 2 aromatic rings. The molecule has 1 unspecified atom stereocenters. The Balaban J connectivity index is 1.95. The second kappa shape index (κ2) is 6.13. The first-order chi connectivity index (χ1) is 10.2. The van der Waals surface area contributed by atoms with E-state index >= 15 is 0 Å². The molecule has 1 atom stereocenters. The molecule has 106 valence electrons. The van der Waals surface area contributed by atoms with Gasteiger partial charge in [-0.2, -0.15) is 0 Å². The average Bonchev–Trinajstić information content (AvgIpc) is 2.85. The van der Waals surface area contributed by atoms with E-state index in [2.05, 4.69) is 80.6 Å². The summed E-state index contributed by atoms with van der Waals surface area (Å²) in [5, 5.41) is 0. The third-order valence-corrected chi connectivity index (χ3v) is 4.34. The van der Waals surface area contributed by atoms with Gasteiger partial charge >= 0.3 is 0 Å². The lowest BCUT2D eigenvalue weighted by Crippen LogP contribution is -2.07. The first-order valence-electron chi connectivity index (χ1n) is 7.69. The summed E-state index contributed by atoms with van der Waals surface area (Å²) in [6.07, 6.45) is 4.55. The van der Waals surface area contributed by atoms with Crippen LogP contribution in [0.3, 0.4) is 0 Å². The van der Waals surface area contributed by atoms with Gasteiger partial charge in [-0.05, 0) is 37.8 Å². The molecule has 0 saturated carbocycles. The van der Waals surface area contributed by atoms with Gasteiger partial charge in [0, 0.05) is 5.92 Å². The zero-order valence-corrected chi connectivity index (χ0v) is 12.8. The van der Waals surface area contributed by atoms with Crippen molar-refractivity contribution >= 4 is 0 Å². The monoisotopic (exact) mass is 274 g/mol. The Morgan fingerprint density at radius 1 is 0.857 bits per heavy atom. The summed E-state index contributed by atoms with van der Waals surface area (Å²) >= 11 is 0. The van der Waals surface area contributed by atoms with Crippen LogP contribution in [0.1, 0.15) is 37.3 Å². The van der Waals surface area contributed by atoms with Gasteiger partial charge in [0.15, 0.2) is 0 Å². The van der Waals surface area contributed by atoms with Crippen LogP contribution < -0.4 is 0 Å². The van der Waals surface area contributed by atoms with Gasteiger partial charge in [-0.15, -0.1) is 0 Å². The highest BCUT2D eigenvalue weighted by Crippen LogP contribution is 2.38. The topological polar surface area (TPSA) is 0 Å². The molecule has 0 bridgehead atoms. The lowest BCUT2D eigenvalue weighted by atomic mass is 9.83. The van der Waals surface area contributed by atoms with E-state index in [0.717, 1.165) is 12.8 Å². The molecular weight excluding hydrogens is 252 g/mol. The maximum atomic E-state index is 2.34. The Bertz CT molecular complexity index is 660. The molecular formula is C21H22. The van der Waals surface area contributed by atoms with E-state index in [0.29, 0.717) is 5.92 Å². The molecule has 3 rings (SSSR count). The first kappa shape index (κ1) is 13.9. The Labute approximate surface area is 127 Å². The first-order valence-corrected chi connectivity index (χ1v) is 7.69. The van der Waals surface area contributed by atoms with Crippen LogP contribution in [-0.4, -0.2) is 0 Å². The van der Waals surface area contributed by atoms with E-state index in [1.807, 2.05) is 0 Å². The predicted octanol–water partition coefficient (Wildman–Crippen LogP) is 5.68. The summed E-state index contributed by atoms with van der Waals surface area (Å²) in [7, 11) is 0. The van der Waals surface area contributed by atoms with Crippen molar-refractivity contribution < 1.29 is 0 Å². The molecule has 1 aliphatic carbocycles. The van der Waals surface area contributed by atoms with E-state index in [1.54, 1.807) is 5.57 Å². The van der Waals surface area contributed by atoms with Gasteiger partial charge in [0.25, 0.3) is 0 Å². The fourth-order valence-corrected chi connectivity index (χ4v) is 3.33. The van der Waals surface area contributed by atoms with Gasteiger partial charge in [-0.3, -0.25) is 0 Å². The standard InChI is InChI=1S/C21H22/c1-16-13-17(2)20(14-16)21(19-11-7-4-8-12-19)15-18-9-5-3-6-10-18/h3-13,21H,14-15H2,1-2H3. The van der Waals surface area contributed by atoms with Crippen molar-refractivity contribution in [1.82, 2.24) is 0 Å². The molecule has 0 N–H and O–H groups in total. The normalized spacial score (nSPS) is 16.0. The van der Waals surface area contributed by atoms with E-state index in [4.69, 9.17) is 0 Å². The Hall–Kier alpha value is -2.08. The van der Waals surface area contributed by atoms with Gasteiger partial charge in [0.2, 0.25) is 0 Å². The largest absolute Gasteiger partial charge is 0.0690 e. The minimum Gasteiger partial charge on any atom is -0.0690 e. The van der Waals surface area contributed by atoms with Crippen molar-refractivity contribution in [2.75, 3.05) is 0 Å². The maximum absolute atomic E-state index is 2.34. The molecule has 0 heterocycles. The molecule has 0 amide bonds. The Morgan fingerprint density at radius 2 is 1.48 bits per heavy atom. The summed E-state index contributed by atoms with van der Waals surface area (Å²) in [6, 6.07) is 21.8. The number of benzene rings is 2. The maximum Gasteiger partial charge on any atom is 0.00974 e. The zero-order valence-electron chi connectivity index (χ0n) is 12.8. The van der Waals surface area contributed by atoms with Gasteiger partial charge in [-0.1, -0.05) is 83.5 Å². The van der Waals surface area contributed by atoms with E-state index < -0.39 is 0 Å². The molecule has 21 heavy (non-hydrogen) atoms. The van der Waals surface area contributed by atoms with Crippen molar-refractivity contribution in [2.24, 2.45) is 0 Å². The molecule has 0 heteroatoms. The molecule has 0 fully saturated rings. The quantitative estimate of drug-likeness (QED) is 0.673. The SMILES string of the molecule is CC1=CC(C)=C(C(Cc2ccccc2)c2ccccc2)C1. The smallest absolute Gasteiger partial charge is 0.00974 e. The third kappa shape index (κ3) is 3.16. The van der Waals surface area contributed by atoms with Crippen LogP contribution in [-0.2, 0) is 6.42 Å². The van der Waals surface area contributed by atoms with Crippen molar-refractivity contribution in [2.45, 2.75) is 32.6 Å². The van der Waals surface area contributed by atoms with Crippen LogP contribution in [0.25, 0.3) is 0 Å². The number of hydrogen-bond acceptors (Lipinski definition) is 0. The van der Waals surface area contributed by atoms with Crippen LogP contribution >= 0.6 is 0 Å². The second-order valence-electron chi connectivity index (χ2n) is 6.03. The van der Waals surface area contributed by atoms with Crippen molar-refractivity contribution in [3.05, 3.63) is 94.6 Å². The minimum atomic E-state index is 0.488. The molecule has 0 radical (unpaired) electrons. The van der Waals surface area contributed by atoms with E-state index in [-0.39, 0.29) is 0 Å². The number of rotatable bonds is 4. The summed E-state index contributed by atoms with van der Waals surface area (Å²) in [4.78, 5) is 0. The lowest BCUT2D eigenvalue weighted by molar-refractivity contribution is 0.759. The Morgan fingerprint density at radius 3 is 2.05 bits per heavy atom. The van der Waals surface area contributed by atoms with Gasteiger partial charge in [0.05, 0.1) is 0 Å². The summed E-state index contributed by atoms with van der Waals surface area (Å²) in [5.41, 5.74) is 7.37. The molecule has 0 saturated heterocycles.